The van der Waals surface area contributed by atoms with Gasteiger partial charge in [0.05, 0.1) is 5.51 Å². The fraction of sp³-hybridized carbons (Fsp3) is 0.231. The number of benzene rings is 1. The summed E-state index contributed by atoms with van der Waals surface area (Å²) in [4.78, 5) is 14.5. The van der Waals surface area contributed by atoms with Crippen LogP contribution in [0.25, 0.3) is 0 Å². The molecule has 2 rings (SSSR count). The maximum absolute atomic E-state index is 12.3. The van der Waals surface area contributed by atoms with Gasteiger partial charge in [-0.2, -0.15) is 0 Å². The lowest BCUT2D eigenvalue weighted by molar-refractivity contribution is 0.0687. The summed E-state index contributed by atoms with van der Waals surface area (Å²) in [6.07, 6.45) is 0. The van der Waals surface area contributed by atoms with Crippen LogP contribution in [-0.2, 0) is 10.0 Å². The number of aryl methyl sites for hydroxylation is 1. The van der Waals surface area contributed by atoms with Crippen molar-refractivity contribution in [1.82, 2.24) is 9.71 Å². The van der Waals surface area contributed by atoms with Crippen molar-refractivity contribution in [2.75, 3.05) is 0 Å². The molecule has 21 heavy (non-hydrogen) atoms. The van der Waals surface area contributed by atoms with Crippen molar-refractivity contribution in [1.29, 1.82) is 0 Å². The van der Waals surface area contributed by atoms with Crippen LogP contribution in [0, 0.1) is 6.92 Å². The number of nitrogens with one attached hydrogen (secondary N) is 1. The summed E-state index contributed by atoms with van der Waals surface area (Å²) in [5.74, 6) is -1.36. The molecule has 0 aliphatic heterocycles. The molecule has 2 aromatic rings. The van der Waals surface area contributed by atoms with Gasteiger partial charge < -0.3 is 5.11 Å². The Bertz CT molecular complexity index is 751. The molecule has 112 valence electrons. The van der Waals surface area contributed by atoms with E-state index in [2.05, 4.69) is 9.71 Å². The Morgan fingerprint density at radius 3 is 2.52 bits per heavy atom. The Balaban J connectivity index is 2.27. The molecule has 8 heteroatoms. The average Bonchev–Trinajstić information content (AvgIpc) is 2.89. The highest BCUT2D eigenvalue weighted by Crippen LogP contribution is 2.23. The molecular weight excluding hydrogens is 312 g/mol. The summed E-state index contributed by atoms with van der Waals surface area (Å²) in [7, 11) is -3.92. The first-order valence-corrected chi connectivity index (χ1v) is 8.43. The third-order valence-corrected chi connectivity index (χ3v) is 5.80. The van der Waals surface area contributed by atoms with Gasteiger partial charge >= 0.3 is 5.97 Å². The number of hydrogen-bond acceptors (Lipinski definition) is 5. The van der Waals surface area contributed by atoms with E-state index >= 15 is 0 Å². The first kappa shape index (κ1) is 15.6. The Labute approximate surface area is 126 Å². The van der Waals surface area contributed by atoms with Crippen molar-refractivity contribution in [3.05, 3.63) is 46.6 Å². The minimum Gasteiger partial charge on any atom is -0.476 e. The molecule has 0 amide bonds. The molecule has 1 aromatic carbocycles. The van der Waals surface area contributed by atoms with Crippen molar-refractivity contribution in [2.45, 2.75) is 24.1 Å². The molecule has 0 saturated carbocycles. The second-order valence-electron chi connectivity index (χ2n) is 4.55. The van der Waals surface area contributed by atoms with Crippen molar-refractivity contribution in [2.24, 2.45) is 0 Å². The fourth-order valence-corrected chi connectivity index (χ4v) is 4.17. The molecule has 1 atom stereocenters. The molecule has 1 aromatic heterocycles. The molecule has 0 aliphatic rings. The van der Waals surface area contributed by atoms with Crippen molar-refractivity contribution >= 4 is 27.3 Å². The number of sulfonamides is 1. The van der Waals surface area contributed by atoms with Crippen molar-refractivity contribution < 1.29 is 18.3 Å². The third-order valence-electron chi connectivity index (χ3n) is 2.89. The Hall–Kier alpha value is -1.77. The van der Waals surface area contributed by atoms with Crippen LogP contribution in [0.3, 0.4) is 0 Å². The summed E-state index contributed by atoms with van der Waals surface area (Å²) in [6, 6.07) is 6.95. The van der Waals surface area contributed by atoms with Crippen LogP contribution < -0.4 is 4.72 Å². The highest BCUT2D eigenvalue weighted by molar-refractivity contribution is 7.91. The average molecular weight is 326 g/mol. The van der Waals surface area contributed by atoms with Gasteiger partial charge in [0.2, 0.25) is 0 Å². The van der Waals surface area contributed by atoms with E-state index in [4.69, 9.17) is 5.11 Å². The van der Waals surface area contributed by atoms with Crippen LogP contribution in [0.2, 0.25) is 0 Å². The number of hydrogen-bond donors (Lipinski definition) is 2. The van der Waals surface area contributed by atoms with Crippen LogP contribution >= 0.6 is 11.3 Å². The number of carbonyl (C=O) groups is 1. The van der Waals surface area contributed by atoms with Crippen molar-refractivity contribution in [3.63, 3.8) is 0 Å². The van der Waals surface area contributed by atoms with Gasteiger partial charge in [-0.1, -0.05) is 29.8 Å². The predicted molar refractivity (Wildman–Crippen MR) is 79.0 cm³/mol. The van der Waals surface area contributed by atoms with Gasteiger partial charge in [-0.3, -0.25) is 0 Å². The summed E-state index contributed by atoms with van der Waals surface area (Å²) in [6.45, 7) is 3.64. The molecular formula is C13H14N2O4S2. The Kier molecular flexibility index (Phi) is 4.40. The number of aromatic carboxylic acids is 1. The maximum atomic E-state index is 12.3. The zero-order valence-corrected chi connectivity index (χ0v) is 13.0. The molecule has 0 spiro atoms. The SMILES string of the molecule is Cc1ccc([C@H](C)NS(=O)(=O)c2scnc2C(=O)O)cc1. The maximum Gasteiger partial charge on any atom is 0.356 e. The quantitative estimate of drug-likeness (QED) is 0.878. The minimum absolute atomic E-state index is 0.283. The zero-order chi connectivity index (χ0) is 15.6. The second-order valence-corrected chi connectivity index (χ2v) is 7.31. The number of rotatable bonds is 5. The number of carboxylic acid groups (broad SMARTS) is 1. The number of carboxylic acids is 1. The first-order chi connectivity index (χ1) is 9.81. The van der Waals surface area contributed by atoms with Gasteiger partial charge in [0.15, 0.2) is 9.90 Å². The lowest BCUT2D eigenvalue weighted by Crippen LogP contribution is -2.27. The summed E-state index contributed by atoms with van der Waals surface area (Å²) in [5, 5.41) is 8.95. The number of nitrogens with zero attached hydrogens (tertiary/aromatic N) is 1. The molecule has 2 N–H and O–H groups in total. The van der Waals surface area contributed by atoms with E-state index in [0.717, 1.165) is 22.5 Å². The van der Waals surface area contributed by atoms with Crippen LogP contribution in [0.15, 0.2) is 34.0 Å². The zero-order valence-electron chi connectivity index (χ0n) is 11.4. The molecule has 1 heterocycles. The van der Waals surface area contributed by atoms with E-state index in [1.807, 2.05) is 31.2 Å². The normalized spacial score (nSPS) is 13.0. The van der Waals surface area contributed by atoms with E-state index in [9.17, 15) is 13.2 Å². The van der Waals surface area contributed by atoms with Crippen LogP contribution in [0.1, 0.15) is 34.6 Å². The topological polar surface area (TPSA) is 96.4 Å². The van der Waals surface area contributed by atoms with Gasteiger partial charge in [0, 0.05) is 6.04 Å². The summed E-state index contributed by atoms with van der Waals surface area (Å²) >= 11 is 0.782. The predicted octanol–water partition coefficient (Wildman–Crippen LogP) is 2.19. The standard InChI is InChI=1S/C13H14N2O4S2/c1-8-3-5-10(6-4-8)9(2)15-21(18,19)13-11(12(16)17)14-7-20-13/h3-7,9,15H,1-2H3,(H,16,17)/t9-/m0/s1. The van der Waals surface area contributed by atoms with Crippen molar-refractivity contribution in [3.8, 4) is 0 Å². The summed E-state index contributed by atoms with van der Waals surface area (Å²) in [5.41, 5.74) is 2.62. The summed E-state index contributed by atoms with van der Waals surface area (Å²) < 4.78 is 26.7. The van der Waals surface area contributed by atoms with Crippen LogP contribution in [-0.4, -0.2) is 24.5 Å². The highest BCUT2D eigenvalue weighted by Gasteiger charge is 2.27. The lowest BCUT2D eigenvalue weighted by atomic mass is 10.1. The number of aromatic nitrogens is 1. The van der Waals surface area contributed by atoms with E-state index < -0.39 is 27.7 Å². The highest BCUT2D eigenvalue weighted by atomic mass is 32.2. The second kappa shape index (κ2) is 5.92. The molecule has 0 radical (unpaired) electrons. The number of thiazole rings is 1. The Morgan fingerprint density at radius 1 is 1.33 bits per heavy atom. The molecule has 0 aliphatic carbocycles. The van der Waals surface area contributed by atoms with Gasteiger partial charge in [0.25, 0.3) is 10.0 Å². The van der Waals surface area contributed by atoms with Gasteiger partial charge in [-0.05, 0) is 19.4 Å². The van der Waals surface area contributed by atoms with E-state index in [1.165, 1.54) is 5.51 Å². The monoisotopic (exact) mass is 326 g/mol. The Morgan fingerprint density at radius 2 is 1.95 bits per heavy atom. The molecule has 0 bridgehead atoms. The largest absolute Gasteiger partial charge is 0.476 e. The third kappa shape index (κ3) is 3.46. The van der Waals surface area contributed by atoms with Gasteiger partial charge in [0.1, 0.15) is 0 Å². The fourth-order valence-electron chi connectivity index (χ4n) is 1.78. The van der Waals surface area contributed by atoms with E-state index in [-0.39, 0.29) is 4.21 Å². The van der Waals surface area contributed by atoms with Gasteiger partial charge in [-0.25, -0.2) is 22.9 Å². The molecule has 0 unspecified atom stereocenters. The van der Waals surface area contributed by atoms with Crippen LogP contribution in [0.5, 0.6) is 0 Å². The lowest BCUT2D eigenvalue weighted by Gasteiger charge is -2.14. The van der Waals surface area contributed by atoms with E-state index in [1.54, 1.807) is 6.92 Å². The smallest absolute Gasteiger partial charge is 0.356 e. The van der Waals surface area contributed by atoms with Crippen LogP contribution in [0.4, 0.5) is 0 Å². The molecule has 0 saturated heterocycles. The molecule has 6 nitrogen and oxygen atoms in total. The van der Waals surface area contributed by atoms with E-state index in [0.29, 0.717) is 0 Å². The minimum atomic E-state index is -3.92. The van der Waals surface area contributed by atoms with Gasteiger partial charge in [-0.15, -0.1) is 11.3 Å². The first-order valence-electron chi connectivity index (χ1n) is 6.07. The molecule has 0 fully saturated rings.